The van der Waals surface area contributed by atoms with Gasteiger partial charge in [-0.25, -0.2) is 4.39 Å². The number of halogens is 1. The van der Waals surface area contributed by atoms with Gasteiger partial charge in [-0.1, -0.05) is 27.7 Å². The molecule has 1 rings (SSSR count). The molecule has 70 valence electrons. The van der Waals surface area contributed by atoms with Gasteiger partial charge in [0.1, 0.15) is 6.17 Å². The maximum atomic E-state index is 12.4. The zero-order valence-electron chi connectivity index (χ0n) is 8.34. The van der Waals surface area contributed by atoms with Crippen molar-refractivity contribution in [2.45, 2.75) is 33.9 Å². The average molecular weight is 171 g/mol. The fourth-order valence-electron chi connectivity index (χ4n) is 0.884. The van der Waals surface area contributed by atoms with Gasteiger partial charge in [0.2, 0.25) is 0 Å². The molecular weight excluding hydrogens is 153 g/mol. The molecule has 1 atom stereocenters. The van der Waals surface area contributed by atoms with E-state index >= 15 is 0 Å². The van der Waals surface area contributed by atoms with Gasteiger partial charge in [0.15, 0.2) is 0 Å². The molecule has 1 unspecified atom stereocenters. The monoisotopic (exact) mass is 171 g/mol. The van der Waals surface area contributed by atoms with Gasteiger partial charge in [0.25, 0.3) is 0 Å². The molecule has 0 radical (unpaired) electrons. The minimum Gasteiger partial charge on any atom is -0.286 e. The highest BCUT2D eigenvalue weighted by Gasteiger charge is 2.09. The topological polar surface area (TPSA) is 12.4 Å². The Labute approximate surface area is 74.4 Å². The van der Waals surface area contributed by atoms with Crippen molar-refractivity contribution in [1.29, 1.82) is 0 Å². The molecule has 0 aromatic rings. The van der Waals surface area contributed by atoms with E-state index in [-0.39, 0.29) is 0 Å². The van der Waals surface area contributed by atoms with Crippen molar-refractivity contribution < 1.29 is 4.39 Å². The predicted octanol–water partition coefficient (Wildman–Crippen LogP) is 3.02. The summed E-state index contributed by atoms with van der Waals surface area (Å²) < 4.78 is 12.4. The molecule has 0 saturated carbocycles. The first-order valence-electron chi connectivity index (χ1n) is 4.57. The minimum absolute atomic E-state index is 0.310. The van der Waals surface area contributed by atoms with E-state index in [0.717, 1.165) is 5.71 Å². The third kappa shape index (κ3) is 3.65. The van der Waals surface area contributed by atoms with E-state index in [9.17, 15) is 4.39 Å². The molecule has 0 fully saturated rings. The third-order valence-electron chi connectivity index (χ3n) is 1.52. The van der Waals surface area contributed by atoms with Crippen LogP contribution in [0.4, 0.5) is 4.39 Å². The second-order valence-electron chi connectivity index (χ2n) is 2.80. The number of rotatable bonds is 1. The van der Waals surface area contributed by atoms with Crippen molar-refractivity contribution >= 4 is 5.71 Å². The lowest BCUT2D eigenvalue weighted by Crippen LogP contribution is -2.14. The van der Waals surface area contributed by atoms with Gasteiger partial charge in [0, 0.05) is 5.71 Å². The summed E-state index contributed by atoms with van der Waals surface area (Å²) in [5.41, 5.74) is 1.01. The van der Waals surface area contributed by atoms with Gasteiger partial charge >= 0.3 is 0 Å². The first-order chi connectivity index (χ1) is 5.70. The Hall–Kier alpha value is -0.660. The first kappa shape index (κ1) is 11.3. The number of nitrogens with zero attached hydrogens (tertiary/aromatic N) is 1. The molecule has 12 heavy (non-hydrogen) atoms. The Bertz CT molecular complexity index is 171. The molecule has 0 aromatic carbocycles. The summed E-state index contributed by atoms with van der Waals surface area (Å²) in [5.74, 6) is 0.420. The minimum atomic E-state index is -0.859. The number of aliphatic imine (C=N–C) groups is 1. The lowest BCUT2D eigenvalue weighted by atomic mass is 10.1. The zero-order valence-corrected chi connectivity index (χ0v) is 8.34. The molecule has 1 nitrogen and oxygen atoms in total. The largest absolute Gasteiger partial charge is 0.286 e. The van der Waals surface area contributed by atoms with E-state index in [0.29, 0.717) is 12.5 Å². The number of alkyl halides is 1. The van der Waals surface area contributed by atoms with Crippen molar-refractivity contribution in [1.82, 2.24) is 0 Å². The van der Waals surface area contributed by atoms with Crippen molar-refractivity contribution in [3.8, 4) is 0 Å². The van der Waals surface area contributed by atoms with Gasteiger partial charge in [0.05, 0.1) is 6.54 Å². The fraction of sp³-hybridized carbons (Fsp3) is 0.700. The smallest absolute Gasteiger partial charge is 0.138 e. The third-order valence-corrected chi connectivity index (χ3v) is 1.52. The van der Waals surface area contributed by atoms with Crippen molar-refractivity contribution in [2.75, 3.05) is 6.54 Å². The Morgan fingerprint density at radius 3 is 2.42 bits per heavy atom. The highest BCUT2D eigenvalue weighted by molar-refractivity contribution is 5.97. The Morgan fingerprint density at radius 1 is 1.50 bits per heavy atom. The summed E-state index contributed by atoms with van der Waals surface area (Å²) in [6.45, 7) is 8.42. The molecular formula is C10H18FN. The molecule has 0 saturated heterocycles. The lowest BCUT2D eigenvalue weighted by molar-refractivity contribution is 0.406. The van der Waals surface area contributed by atoms with E-state index in [4.69, 9.17) is 0 Å². The molecule has 1 aliphatic rings. The van der Waals surface area contributed by atoms with Crippen LogP contribution in [0.3, 0.4) is 0 Å². The Morgan fingerprint density at radius 2 is 2.08 bits per heavy atom. The number of dihydropyridines is 1. The molecule has 0 aliphatic carbocycles. The molecule has 0 spiro atoms. The lowest BCUT2D eigenvalue weighted by Gasteiger charge is -2.10. The van der Waals surface area contributed by atoms with Gasteiger partial charge < -0.3 is 0 Å². The van der Waals surface area contributed by atoms with Crippen LogP contribution in [0.5, 0.6) is 0 Å². The van der Waals surface area contributed by atoms with Crippen LogP contribution >= 0.6 is 0 Å². The molecule has 0 bridgehead atoms. The number of allylic oxidation sites excluding steroid dienone is 1. The quantitative estimate of drug-likeness (QED) is 0.575. The van der Waals surface area contributed by atoms with E-state index in [2.05, 4.69) is 18.8 Å². The summed E-state index contributed by atoms with van der Waals surface area (Å²) in [4.78, 5) is 4.06. The summed E-state index contributed by atoms with van der Waals surface area (Å²) in [5, 5.41) is 0. The van der Waals surface area contributed by atoms with Crippen LogP contribution in [-0.2, 0) is 0 Å². The van der Waals surface area contributed by atoms with E-state index in [1.807, 2.05) is 13.8 Å². The highest BCUT2D eigenvalue weighted by Crippen LogP contribution is 2.07. The van der Waals surface area contributed by atoms with Gasteiger partial charge in [-0.05, 0) is 18.1 Å². The van der Waals surface area contributed by atoms with Crippen LogP contribution in [0.15, 0.2) is 17.1 Å². The van der Waals surface area contributed by atoms with Gasteiger partial charge in [-0.15, -0.1) is 0 Å². The summed E-state index contributed by atoms with van der Waals surface area (Å²) >= 11 is 0. The molecule has 1 aliphatic heterocycles. The zero-order chi connectivity index (χ0) is 9.56. The van der Waals surface area contributed by atoms with Crippen LogP contribution in [0.1, 0.15) is 27.7 Å². The number of hydrogen-bond donors (Lipinski definition) is 0. The van der Waals surface area contributed by atoms with Crippen molar-refractivity contribution in [3.05, 3.63) is 12.2 Å². The predicted molar refractivity (Wildman–Crippen MR) is 52.5 cm³/mol. The van der Waals surface area contributed by atoms with Crippen molar-refractivity contribution in [2.24, 2.45) is 10.9 Å². The average Bonchev–Trinajstić information content (AvgIpc) is 2.09. The first-order valence-corrected chi connectivity index (χ1v) is 4.57. The highest BCUT2D eigenvalue weighted by atomic mass is 19.1. The maximum Gasteiger partial charge on any atom is 0.138 e. The van der Waals surface area contributed by atoms with Crippen LogP contribution < -0.4 is 0 Å². The fourth-order valence-corrected chi connectivity index (χ4v) is 0.884. The molecule has 0 aromatic heterocycles. The second kappa shape index (κ2) is 5.92. The Kier molecular flexibility index (Phi) is 5.60. The maximum absolute atomic E-state index is 12.4. The second-order valence-corrected chi connectivity index (χ2v) is 2.80. The molecule has 2 heteroatoms. The summed E-state index contributed by atoms with van der Waals surface area (Å²) in [7, 11) is 0. The Balaban J connectivity index is 0.000000561. The van der Waals surface area contributed by atoms with Crippen molar-refractivity contribution in [3.63, 3.8) is 0 Å². The standard InChI is InChI=1S/C8H12FN.C2H6/c1-6(2)8-4-3-7(9)5-10-8;1-2/h3-4,6-7H,5H2,1-2H3;1-2H3. The summed E-state index contributed by atoms with van der Waals surface area (Å²) in [6.07, 6.45) is 2.49. The van der Waals surface area contributed by atoms with Crippen LogP contribution in [0.2, 0.25) is 0 Å². The summed E-state index contributed by atoms with van der Waals surface area (Å²) in [6, 6.07) is 0. The number of hydrogen-bond acceptors (Lipinski definition) is 1. The SMILES string of the molecule is CC.CC(C)C1=NCC(F)C=C1. The van der Waals surface area contributed by atoms with E-state index in [1.165, 1.54) is 0 Å². The van der Waals surface area contributed by atoms with Crippen LogP contribution in [0, 0.1) is 5.92 Å². The van der Waals surface area contributed by atoms with E-state index in [1.54, 1.807) is 12.2 Å². The molecule has 0 amide bonds. The van der Waals surface area contributed by atoms with Gasteiger partial charge in [-0.2, -0.15) is 0 Å². The molecule has 0 N–H and O–H groups in total. The van der Waals surface area contributed by atoms with E-state index < -0.39 is 6.17 Å². The van der Waals surface area contributed by atoms with Crippen LogP contribution in [0.25, 0.3) is 0 Å². The normalized spacial score (nSPS) is 21.5. The van der Waals surface area contributed by atoms with Gasteiger partial charge in [-0.3, -0.25) is 4.99 Å². The molecule has 1 heterocycles. The van der Waals surface area contributed by atoms with Crippen LogP contribution in [-0.4, -0.2) is 18.4 Å².